The first-order chi connectivity index (χ1) is 15.0. The van der Waals surface area contributed by atoms with E-state index in [0.717, 1.165) is 5.56 Å². The van der Waals surface area contributed by atoms with Crippen LogP contribution in [0.15, 0.2) is 71.6 Å². The first-order valence-electron chi connectivity index (χ1n) is 9.82. The number of rotatable bonds is 8. The summed E-state index contributed by atoms with van der Waals surface area (Å²) in [5.41, 5.74) is 1.42. The first-order valence-corrected chi connectivity index (χ1v) is 13.8. The predicted octanol–water partition coefficient (Wildman–Crippen LogP) is 5.31. The van der Waals surface area contributed by atoms with Gasteiger partial charge in [-0.15, -0.1) is 0 Å². The second kappa shape index (κ2) is 9.67. The van der Waals surface area contributed by atoms with E-state index in [1.165, 1.54) is 13.8 Å². The topological polar surface area (TPSA) is 81.7 Å². The van der Waals surface area contributed by atoms with Crippen LogP contribution in [0.2, 0.25) is 5.02 Å². The highest BCUT2D eigenvalue weighted by molar-refractivity contribution is 7.89. The maximum absolute atomic E-state index is 13.5. The molecule has 3 aromatic rings. The second-order valence-corrected chi connectivity index (χ2v) is 12.0. The minimum Gasteiger partial charge on any atom is -0.496 e. The molecule has 0 amide bonds. The lowest BCUT2D eigenvalue weighted by Crippen LogP contribution is -2.27. The van der Waals surface area contributed by atoms with Crippen LogP contribution in [0.4, 0.5) is 0 Å². The van der Waals surface area contributed by atoms with Crippen molar-refractivity contribution in [2.75, 3.05) is 13.8 Å². The normalized spacial score (nSPS) is 14.4. The van der Waals surface area contributed by atoms with Gasteiger partial charge in [-0.05, 0) is 56.3 Å². The predicted molar refractivity (Wildman–Crippen MR) is 128 cm³/mol. The van der Waals surface area contributed by atoms with E-state index in [1.807, 2.05) is 6.92 Å². The summed E-state index contributed by atoms with van der Waals surface area (Å²) in [7, 11) is -5.67. The monoisotopic (exact) mass is 493 g/mol. The van der Waals surface area contributed by atoms with Crippen LogP contribution in [0.3, 0.4) is 0 Å². The molecule has 0 heterocycles. The lowest BCUT2D eigenvalue weighted by Gasteiger charge is -2.22. The van der Waals surface area contributed by atoms with Crippen LogP contribution in [-0.2, 0) is 14.6 Å². The van der Waals surface area contributed by atoms with Gasteiger partial charge in [0.25, 0.3) is 7.37 Å². The van der Waals surface area contributed by atoms with E-state index in [2.05, 4.69) is 4.72 Å². The van der Waals surface area contributed by atoms with Crippen molar-refractivity contribution in [3.8, 4) is 11.5 Å². The molecule has 0 saturated carbocycles. The minimum absolute atomic E-state index is 0.148. The quantitative estimate of drug-likeness (QED) is 0.430. The van der Waals surface area contributed by atoms with Crippen molar-refractivity contribution in [3.05, 3.63) is 82.9 Å². The van der Waals surface area contributed by atoms with Gasteiger partial charge in [0.05, 0.1) is 17.3 Å². The van der Waals surface area contributed by atoms with Gasteiger partial charge in [0.2, 0.25) is 10.0 Å². The van der Waals surface area contributed by atoms with Gasteiger partial charge in [0, 0.05) is 23.3 Å². The van der Waals surface area contributed by atoms with Gasteiger partial charge in [-0.2, -0.15) is 0 Å². The van der Waals surface area contributed by atoms with Crippen LogP contribution in [0.25, 0.3) is 0 Å². The molecule has 9 heteroatoms. The molecule has 0 unspecified atom stereocenters. The van der Waals surface area contributed by atoms with E-state index >= 15 is 0 Å². The fourth-order valence-electron chi connectivity index (χ4n) is 3.22. The lowest BCUT2D eigenvalue weighted by molar-refractivity contribution is 0.416. The Morgan fingerprint density at radius 2 is 1.66 bits per heavy atom. The molecule has 0 saturated heterocycles. The number of hydrogen-bond donors (Lipinski definition) is 1. The van der Waals surface area contributed by atoms with Crippen LogP contribution in [0.1, 0.15) is 24.1 Å². The molecule has 0 fully saturated rings. The Morgan fingerprint density at radius 3 is 2.31 bits per heavy atom. The van der Waals surface area contributed by atoms with Crippen molar-refractivity contribution < 1.29 is 22.2 Å². The highest BCUT2D eigenvalue weighted by Crippen LogP contribution is 2.46. The number of benzene rings is 3. The molecule has 0 aliphatic heterocycles. The SMILES string of the molecule is COc1ccccc1[P@](C)(=O)Oc1ccc(Cl)cc1[C@H](C)NS(=O)(=O)c1ccc(C)cc1. The van der Waals surface area contributed by atoms with Crippen molar-refractivity contribution in [2.24, 2.45) is 0 Å². The number of ether oxygens (including phenoxy) is 1. The summed E-state index contributed by atoms with van der Waals surface area (Å²) in [4.78, 5) is 0.148. The van der Waals surface area contributed by atoms with Gasteiger partial charge < -0.3 is 9.26 Å². The van der Waals surface area contributed by atoms with Gasteiger partial charge in [0.1, 0.15) is 11.5 Å². The van der Waals surface area contributed by atoms with Crippen molar-refractivity contribution >= 4 is 34.3 Å². The van der Waals surface area contributed by atoms with E-state index in [1.54, 1.807) is 73.7 Å². The molecule has 0 spiro atoms. The average molecular weight is 494 g/mol. The molecule has 1 N–H and O–H groups in total. The fourth-order valence-corrected chi connectivity index (χ4v) is 6.19. The van der Waals surface area contributed by atoms with Gasteiger partial charge in [-0.1, -0.05) is 41.4 Å². The van der Waals surface area contributed by atoms with Crippen LogP contribution >= 0.6 is 19.0 Å². The Bertz CT molecular complexity index is 1260. The molecule has 6 nitrogen and oxygen atoms in total. The third-order valence-electron chi connectivity index (χ3n) is 4.90. The summed E-state index contributed by atoms with van der Waals surface area (Å²) in [6.07, 6.45) is 0. The number of para-hydroxylation sites is 1. The summed E-state index contributed by atoms with van der Waals surface area (Å²) in [6, 6.07) is 17.5. The number of halogens is 1. The molecule has 0 aromatic heterocycles. The van der Waals surface area contributed by atoms with Crippen LogP contribution in [0.5, 0.6) is 11.5 Å². The maximum Gasteiger partial charge on any atom is 0.277 e. The molecular formula is C23H25ClNO5PS. The Kier molecular flexibility index (Phi) is 7.36. The molecule has 0 aliphatic rings. The minimum atomic E-state index is -3.80. The summed E-state index contributed by atoms with van der Waals surface area (Å²) in [6.45, 7) is 5.05. The molecular weight excluding hydrogens is 469 g/mol. The van der Waals surface area contributed by atoms with E-state index in [-0.39, 0.29) is 10.6 Å². The summed E-state index contributed by atoms with van der Waals surface area (Å²) < 4.78 is 53.1. The summed E-state index contributed by atoms with van der Waals surface area (Å²) in [5, 5.41) is 0.827. The third-order valence-corrected chi connectivity index (χ3v) is 8.48. The second-order valence-electron chi connectivity index (χ2n) is 7.45. The zero-order valence-corrected chi connectivity index (χ0v) is 20.7. The third kappa shape index (κ3) is 5.54. The van der Waals surface area contributed by atoms with E-state index in [4.69, 9.17) is 20.9 Å². The van der Waals surface area contributed by atoms with Crippen molar-refractivity contribution in [1.29, 1.82) is 0 Å². The summed E-state index contributed by atoms with van der Waals surface area (Å²) in [5.74, 6) is 0.715. The van der Waals surface area contributed by atoms with Crippen LogP contribution < -0.4 is 19.3 Å². The highest BCUT2D eigenvalue weighted by atomic mass is 35.5. The van der Waals surface area contributed by atoms with Gasteiger partial charge >= 0.3 is 0 Å². The Labute approximate surface area is 194 Å². The molecule has 170 valence electrons. The molecule has 0 bridgehead atoms. The molecule has 0 aliphatic carbocycles. The highest BCUT2D eigenvalue weighted by Gasteiger charge is 2.28. The number of sulfonamides is 1. The summed E-state index contributed by atoms with van der Waals surface area (Å²) >= 11 is 6.18. The van der Waals surface area contributed by atoms with Gasteiger partial charge in [-0.25, -0.2) is 13.1 Å². The van der Waals surface area contributed by atoms with E-state index < -0.39 is 23.4 Å². The van der Waals surface area contributed by atoms with Gasteiger partial charge in [-0.3, -0.25) is 4.57 Å². The van der Waals surface area contributed by atoms with Crippen molar-refractivity contribution in [3.63, 3.8) is 0 Å². The molecule has 3 aromatic carbocycles. The van der Waals surface area contributed by atoms with Crippen molar-refractivity contribution in [1.82, 2.24) is 4.72 Å². The van der Waals surface area contributed by atoms with Crippen molar-refractivity contribution in [2.45, 2.75) is 24.8 Å². The Morgan fingerprint density at radius 1 is 1.00 bits per heavy atom. The maximum atomic E-state index is 13.5. The lowest BCUT2D eigenvalue weighted by atomic mass is 10.1. The molecule has 32 heavy (non-hydrogen) atoms. The Balaban J connectivity index is 1.94. The fraction of sp³-hybridized carbons (Fsp3) is 0.217. The largest absolute Gasteiger partial charge is 0.496 e. The molecule has 3 rings (SSSR count). The number of hydrogen-bond acceptors (Lipinski definition) is 5. The standard InChI is InChI=1S/C23H25ClNO5PS/c1-16-9-12-19(13-10-16)32(27,28)25-17(2)20-15-18(24)11-14-21(20)30-31(4,26)23-8-6-5-7-22(23)29-3/h5-15,17,25H,1-4H3/t17-,31+/m0/s1. The molecule has 0 radical (unpaired) electrons. The number of aryl methyl sites for hydroxylation is 1. The zero-order chi connectivity index (χ0) is 23.5. The van der Waals surface area contributed by atoms with E-state index in [0.29, 0.717) is 21.6 Å². The number of methoxy groups -OCH3 is 1. The first kappa shape index (κ1) is 24.3. The van der Waals surface area contributed by atoms with Crippen LogP contribution in [0, 0.1) is 6.92 Å². The smallest absolute Gasteiger partial charge is 0.277 e. The van der Waals surface area contributed by atoms with Crippen LogP contribution in [-0.4, -0.2) is 22.2 Å². The molecule has 2 atom stereocenters. The number of nitrogens with one attached hydrogen (secondary N) is 1. The Hall–Kier alpha value is -2.31. The van der Waals surface area contributed by atoms with Gasteiger partial charge in [0.15, 0.2) is 0 Å². The average Bonchev–Trinajstić information content (AvgIpc) is 2.74. The zero-order valence-electron chi connectivity index (χ0n) is 18.2. The van der Waals surface area contributed by atoms with E-state index in [9.17, 15) is 13.0 Å².